The Kier molecular flexibility index (Phi) is 5.45. The number of carbonyl (C=O) groups is 1. The van der Waals surface area contributed by atoms with Crippen LogP contribution in [0.3, 0.4) is 0 Å². The number of hydrogen-bond donors (Lipinski definition) is 1. The lowest BCUT2D eigenvalue weighted by Gasteiger charge is -2.32. The fraction of sp³-hybridized carbons (Fsp3) is 0.429. The standard InChI is InChI=1S/C21H26N2O3/c1-14(2)19-12-17(13-20(24)22-19)21(25)23-9-7-15(8-10-23)16-5-4-6-18(11-16)26-3/h4-6,11-15H,7-10H2,1-3H3,(H,22,24). The van der Waals surface area contributed by atoms with Gasteiger partial charge in [0, 0.05) is 30.4 Å². The first kappa shape index (κ1) is 18.2. The van der Waals surface area contributed by atoms with Gasteiger partial charge in [-0.05, 0) is 48.4 Å². The molecule has 0 unspecified atom stereocenters. The third-order valence-electron chi connectivity index (χ3n) is 5.08. The van der Waals surface area contributed by atoms with Crippen molar-refractivity contribution in [3.63, 3.8) is 0 Å². The van der Waals surface area contributed by atoms with E-state index in [1.54, 1.807) is 7.11 Å². The number of likely N-dealkylation sites (tertiary alicyclic amines) is 1. The molecule has 0 radical (unpaired) electrons. The molecule has 1 aromatic heterocycles. The zero-order chi connectivity index (χ0) is 18.7. The first-order chi connectivity index (χ1) is 12.5. The lowest BCUT2D eigenvalue weighted by atomic mass is 9.89. The van der Waals surface area contributed by atoms with Crippen molar-refractivity contribution < 1.29 is 9.53 Å². The topological polar surface area (TPSA) is 62.4 Å². The number of nitrogens with zero attached hydrogens (tertiary/aromatic N) is 1. The van der Waals surface area contributed by atoms with Crippen LogP contribution in [-0.4, -0.2) is 36.0 Å². The Hall–Kier alpha value is -2.56. The Morgan fingerprint density at radius 2 is 1.92 bits per heavy atom. The first-order valence-corrected chi connectivity index (χ1v) is 9.15. The van der Waals surface area contributed by atoms with Crippen LogP contribution in [0, 0.1) is 0 Å². The van der Waals surface area contributed by atoms with Crippen molar-refractivity contribution in [2.75, 3.05) is 20.2 Å². The summed E-state index contributed by atoms with van der Waals surface area (Å²) in [5.74, 6) is 1.42. The first-order valence-electron chi connectivity index (χ1n) is 9.15. The molecule has 2 heterocycles. The van der Waals surface area contributed by atoms with Gasteiger partial charge in [0.15, 0.2) is 0 Å². The smallest absolute Gasteiger partial charge is 0.254 e. The van der Waals surface area contributed by atoms with Crippen molar-refractivity contribution in [3.8, 4) is 5.75 Å². The molecular weight excluding hydrogens is 328 g/mol. The van der Waals surface area contributed by atoms with Crippen LogP contribution < -0.4 is 10.3 Å². The van der Waals surface area contributed by atoms with Gasteiger partial charge in [-0.3, -0.25) is 9.59 Å². The number of ether oxygens (including phenoxy) is 1. The highest BCUT2D eigenvalue weighted by Crippen LogP contribution is 2.30. The number of carbonyl (C=O) groups excluding carboxylic acids is 1. The Labute approximate surface area is 154 Å². The molecule has 1 fully saturated rings. The number of methoxy groups -OCH3 is 1. The summed E-state index contributed by atoms with van der Waals surface area (Å²) in [7, 11) is 1.67. The second-order valence-electron chi connectivity index (χ2n) is 7.19. The van der Waals surface area contributed by atoms with Gasteiger partial charge in [0.2, 0.25) is 5.56 Å². The minimum Gasteiger partial charge on any atom is -0.497 e. The average molecular weight is 354 g/mol. The monoisotopic (exact) mass is 354 g/mol. The molecule has 1 saturated heterocycles. The summed E-state index contributed by atoms with van der Waals surface area (Å²) in [4.78, 5) is 29.3. The highest BCUT2D eigenvalue weighted by atomic mass is 16.5. The lowest BCUT2D eigenvalue weighted by molar-refractivity contribution is 0.0712. The number of benzene rings is 1. The second kappa shape index (κ2) is 7.77. The van der Waals surface area contributed by atoms with Crippen LogP contribution in [-0.2, 0) is 0 Å². The summed E-state index contributed by atoms with van der Waals surface area (Å²) in [5.41, 5.74) is 2.32. The van der Waals surface area contributed by atoms with Crippen LogP contribution in [0.15, 0.2) is 41.2 Å². The zero-order valence-electron chi connectivity index (χ0n) is 15.6. The van der Waals surface area contributed by atoms with Gasteiger partial charge in [-0.15, -0.1) is 0 Å². The molecule has 1 amide bonds. The van der Waals surface area contributed by atoms with Crippen LogP contribution >= 0.6 is 0 Å². The SMILES string of the molecule is COc1cccc(C2CCN(C(=O)c3cc(C(C)C)[nH]c(=O)c3)CC2)c1. The van der Waals surface area contributed by atoms with Gasteiger partial charge >= 0.3 is 0 Å². The molecule has 0 atom stereocenters. The van der Waals surface area contributed by atoms with Crippen molar-refractivity contribution in [2.45, 2.75) is 38.5 Å². The molecule has 1 aromatic carbocycles. The van der Waals surface area contributed by atoms with Gasteiger partial charge < -0.3 is 14.6 Å². The predicted molar refractivity (Wildman–Crippen MR) is 102 cm³/mol. The molecule has 3 rings (SSSR count). The summed E-state index contributed by atoms with van der Waals surface area (Å²) in [6.45, 7) is 5.40. The average Bonchev–Trinajstić information content (AvgIpc) is 2.67. The quantitative estimate of drug-likeness (QED) is 0.914. The van der Waals surface area contributed by atoms with Gasteiger partial charge in [-0.2, -0.15) is 0 Å². The second-order valence-corrected chi connectivity index (χ2v) is 7.19. The number of amides is 1. The molecule has 1 N–H and O–H groups in total. The van der Waals surface area contributed by atoms with E-state index in [2.05, 4.69) is 17.1 Å². The van der Waals surface area contributed by atoms with Crippen LogP contribution in [0.1, 0.15) is 60.1 Å². The maximum Gasteiger partial charge on any atom is 0.254 e. The van der Waals surface area contributed by atoms with E-state index in [-0.39, 0.29) is 17.4 Å². The summed E-state index contributed by atoms with van der Waals surface area (Å²) in [5, 5.41) is 0. The fourth-order valence-electron chi connectivity index (χ4n) is 3.49. The maximum absolute atomic E-state index is 12.8. The highest BCUT2D eigenvalue weighted by molar-refractivity contribution is 5.94. The van der Waals surface area contributed by atoms with E-state index >= 15 is 0 Å². The van der Waals surface area contributed by atoms with E-state index in [4.69, 9.17) is 4.74 Å². The molecular formula is C21H26N2O3. The zero-order valence-corrected chi connectivity index (χ0v) is 15.6. The molecule has 5 heteroatoms. The summed E-state index contributed by atoms with van der Waals surface area (Å²) >= 11 is 0. The molecule has 0 bridgehead atoms. The molecule has 0 saturated carbocycles. The minimum atomic E-state index is -0.217. The maximum atomic E-state index is 12.8. The number of nitrogens with one attached hydrogen (secondary N) is 1. The molecule has 5 nitrogen and oxygen atoms in total. The number of aromatic amines is 1. The number of pyridine rings is 1. The van der Waals surface area contributed by atoms with E-state index < -0.39 is 0 Å². The Morgan fingerprint density at radius 3 is 2.58 bits per heavy atom. The highest BCUT2D eigenvalue weighted by Gasteiger charge is 2.25. The van der Waals surface area contributed by atoms with Gasteiger partial charge in [-0.25, -0.2) is 0 Å². The molecule has 0 aliphatic carbocycles. The van der Waals surface area contributed by atoms with Gasteiger partial charge in [0.1, 0.15) is 5.75 Å². The summed E-state index contributed by atoms with van der Waals surface area (Å²) in [6, 6.07) is 11.4. The van der Waals surface area contributed by atoms with E-state index in [1.165, 1.54) is 11.6 Å². The van der Waals surface area contributed by atoms with Gasteiger partial charge in [-0.1, -0.05) is 26.0 Å². The number of piperidine rings is 1. The number of rotatable bonds is 4. The normalized spacial score (nSPS) is 15.3. The molecule has 26 heavy (non-hydrogen) atoms. The fourth-order valence-corrected chi connectivity index (χ4v) is 3.49. The molecule has 138 valence electrons. The minimum absolute atomic E-state index is 0.0536. The third kappa shape index (κ3) is 3.98. The van der Waals surface area contributed by atoms with Crippen molar-refractivity contribution in [3.05, 3.63) is 63.6 Å². The van der Waals surface area contributed by atoms with Crippen LogP contribution in [0.5, 0.6) is 5.75 Å². The van der Waals surface area contributed by atoms with Crippen molar-refractivity contribution in [1.29, 1.82) is 0 Å². The largest absolute Gasteiger partial charge is 0.497 e. The summed E-state index contributed by atoms with van der Waals surface area (Å²) < 4.78 is 5.31. The van der Waals surface area contributed by atoms with Gasteiger partial charge in [0.25, 0.3) is 5.91 Å². The van der Waals surface area contributed by atoms with E-state index in [9.17, 15) is 9.59 Å². The molecule has 1 aliphatic heterocycles. The van der Waals surface area contributed by atoms with Crippen molar-refractivity contribution in [1.82, 2.24) is 9.88 Å². The van der Waals surface area contributed by atoms with Crippen LogP contribution in [0.25, 0.3) is 0 Å². The Balaban J connectivity index is 1.70. The number of aromatic nitrogens is 1. The van der Waals surface area contributed by atoms with Crippen LogP contribution in [0.4, 0.5) is 0 Å². The van der Waals surface area contributed by atoms with E-state index in [0.29, 0.717) is 24.6 Å². The number of hydrogen-bond acceptors (Lipinski definition) is 3. The van der Waals surface area contributed by atoms with Crippen molar-refractivity contribution >= 4 is 5.91 Å². The predicted octanol–water partition coefficient (Wildman–Crippen LogP) is 3.53. The Morgan fingerprint density at radius 1 is 1.19 bits per heavy atom. The molecule has 1 aliphatic rings. The van der Waals surface area contributed by atoms with Gasteiger partial charge in [0.05, 0.1) is 7.11 Å². The number of H-pyrrole nitrogens is 1. The molecule has 0 spiro atoms. The van der Waals surface area contributed by atoms with Crippen LogP contribution in [0.2, 0.25) is 0 Å². The summed E-state index contributed by atoms with van der Waals surface area (Å²) in [6.07, 6.45) is 1.83. The Bertz CT molecular complexity index is 833. The van der Waals surface area contributed by atoms with E-state index in [0.717, 1.165) is 24.3 Å². The lowest BCUT2D eigenvalue weighted by Crippen LogP contribution is -2.38. The van der Waals surface area contributed by atoms with E-state index in [1.807, 2.05) is 36.9 Å². The molecule has 2 aromatic rings. The van der Waals surface area contributed by atoms with Crippen molar-refractivity contribution in [2.24, 2.45) is 0 Å². The third-order valence-corrected chi connectivity index (χ3v) is 5.08.